The van der Waals surface area contributed by atoms with E-state index in [1.165, 1.54) is 11.3 Å². The average molecular weight is 418 g/mol. The monoisotopic (exact) mass is 417 g/mol. The Morgan fingerprint density at radius 2 is 2.07 bits per heavy atom. The fourth-order valence-electron chi connectivity index (χ4n) is 3.85. The van der Waals surface area contributed by atoms with Crippen molar-refractivity contribution in [1.82, 2.24) is 24.5 Å². The molecule has 0 aliphatic heterocycles. The third-order valence-electron chi connectivity index (χ3n) is 5.29. The van der Waals surface area contributed by atoms with Crippen LogP contribution in [0.1, 0.15) is 44.2 Å². The van der Waals surface area contributed by atoms with E-state index in [1.54, 1.807) is 24.2 Å². The van der Waals surface area contributed by atoms with Crippen molar-refractivity contribution in [2.24, 2.45) is 0 Å². The van der Waals surface area contributed by atoms with E-state index < -0.39 is 10.0 Å². The summed E-state index contributed by atoms with van der Waals surface area (Å²) < 4.78 is 31.1. The number of aryl methyl sites for hydroxylation is 1. The van der Waals surface area contributed by atoms with Gasteiger partial charge in [-0.2, -0.15) is 0 Å². The minimum Gasteiger partial charge on any atom is -0.317 e. The van der Waals surface area contributed by atoms with Crippen molar-refractivity contribution in [2.75, 3.05) is 0 Å². The normalized spacial score (nSPS) is 20.3. The number of aromatic nitrogens is 4. The minimum atomic E-state index is -3.59. The molecular weight excluding hydrogens is 394 g/mol. The quantitative estimate of drug-likeness (QED) is 0.664. The molecule has 0 amide bonds. The molecular formula is C19H23N5O2S2. The molecule has 1 fully saturated rings. The van der Waals surface area contributed by atoms with E-state index in [2.05, 4.69) is 19.9 Å². The van der Waals surface area contributed by atoms with Crippen LogP contribution in [0.2, 0.25) is 0 Å². The van der Waals surface area contributed by atoms with Crippen LogP contribution < -0.4 is 4.72 Å². The van der Waals surface area contributed by atoms with Crippen LogP contribution in [0.4, 0.5) is 0 Å². The Balaban J connectivity index is 1.54. The van der Waals surface area contributed by atoms with Crippen LogP contribution in [0.25, 0.3) is 11.3 Å². The summed E-state index contributed by atoms with van der Waals surface area (Å²) in [5.41, 5.74) is 4.41. The van der Waals surface area contributed by atoms with Crippen LogP contribution in [0.3, 0.4) is 0 Å². The van der Waals surface area contributed by atoms with Gasteiger partial charge in [-0.05, 0) is 49.8 Å². The van der Waals surface area contributed by atoms with E-state index in [1.807, 2.05) is 29.0 Å². The molecule has 0 unspecified atom stereocenters. The van der Waals surface area contributed by atoms with E-state index in [0.717, 1.165) is 42.5 Å². The van der Waals surface area contributed by atoms with Crippen LogP contribution in [-0.4, -0.2) is 34.2 Å². The van der Waals surface area contributed by atoms with Crippen molar-refractivity contribution in [1.29, 1.82) is 0 Å². The van der Waals surface area contributed by atoms with E-state index >= 15 is 0 Å². The van der Waals surface area contributed by atoms with E-state index in [0.29, 0.717) is 11.3 Å². The number of sulfonamides is 1. The number of hydrogen-bond acceptors (Lipinski definition) is 6. The number of rotatable bonds is 6. The van der Waals surface area contributed by atoms with Gasteiger partial charge in [0.1, 0.15) is 12.7 Å². The maximum atomic E-state index is 13.1. The van der Waals surface area contributed by atoms with Gasteiger partial charge >= 0.3 is 0 Å². The molecule has 3 aromatic rings. The first kappa shape index (κ1) is 19.2. The Kier molecular flexibility index (Phi) is 5.56. The fourth-order valence-corrected chi connectivity index (χ4v) is 5.99. The highest BCUT2D eigenvalue weighted by Gasteiger charge is 2.28. The molecule has 0 radical (unpaired) electrons. The average Bonchev–Trinajstić information content (AvgIpc) is 3.41. The second kappa shape index (κ2) is 8.10. The molecule has 0 saturated heterocycles. The lowest BCUT2D eigenvalue weighted by Gasteiger charge is -2.30. The summed E-state index contributed by atoms with van der Waals surface area (Å²) >= 11 is 1.53. The number of hydrogen-bond donors (Lipinski definition) is 1. The topological polar surface area (TPSA) is 89.8 Å². The molecule has 1 aromatic carbocycles. The molecule has 4 rings (SSSR count). The minimum absolute atomic E-state index is 0.0888. The van der Waals surface area contributed by atoms with Gasteiger partial charge in [0.2, 0.25) is 10.0 Å². The van der Waals surface area contributed by atoms with Crippen molar-refractivity contribution in [3.8, 4) is 11.3 Å². The van der Waals surface area contributed by atoms with Crippen molar-refractivity contribution < 1.29 is 8.42 Å². The lowest BCUT2D eigenvalue weighted by atomic mass is 9.91. The molecule has 0 spiro atoms. The van der Waals surface area contributed by atoms with Crippen LogP contribution in [-0.2, 0) is 16.4 Å². The molecule has 1 aliphatic carbocycles. The Morgan fingerprint density at radius 1 is 1.25 bits per heavy atom. The predicted molar refractivity (Wildman–Crippen MR) is 109 cm³/mol. The third kappa shape index (κ3) is 4.01. The van der Waals surface area contributed by atoms with Gasteiger partial charge in [0.05, 0.1) is 16.1 Å². The molecule has 1 saturated carbocycles. The summed E-state index contributed by atoms with van der Waals surface area (Å²) in [7, 11) is -3.59. The first-order chi connectivity index (χ1) is 13.6. The van der Waals surface area contributed by atoms with Crippen molar-refractivity contribution in [3.05, 3.63) is 47.3 Å². The smallest absolute Gasteiger partial charge is 0.241 e. The predicted octanol–water partition coefficient (Wildman–Crippen LogP) is 3.43. The van der Waals surface area contributed by atoms with Crippen LogP contribution in [0.5, 0.6) is 0 Å². The number of nitrogens with one attached hydrogen (secondary N) is 1. The van der Waals surface area contributed by atoms with Gasteiger partial charge in [0, 0.05) is 23.0 Å². The zero-order valence-electron chi connectivity index (χ0n) is 15.7. The van der Waals surface area contributed by atoms with Crippen LogP contribution in [0.15, 0.2) is 46.6 Å². The lowest BCUT2D eigenvalue weighted by Crippen LogP contribution is -2.39. The standard InChI is InChI=1S/C19H23N5O2S2/c1-2-14-8-15(18-10-27-13-20-18)6-7-19(14)28(25,26)23-16-4-3-5-17(9-16)24-11-21-22-12-24/h6-8,10-13,16-17,23H,2-5,9H2,1H3/t16-,17+/m0/s1. The van der Waals surface area contributed by atoms with Gasteiger partial charge in [0.25, 0.3) is 0 Å². The molecule has 28 heavy (non-hydrogen) atoms. The molecule has 7 nitrogen and oxygen atoms in total. The summed E-state index contributed by atoms with van der Waals surface area (Å²) in [4.78, 5) is 4.68. The molecule has 1 aliphatic rings. The summed E-state index contributed by atoms with van der Waals surface area (Å²) in [6, 6.07) is 5.62. The van der Waals surface area contributed by atoms with Gasteiger partial charge in [0.15, 0.2) is 0 Å². The second-order valence-corrected chi connectivity index (χ2v) is 9.50. The number of nitrogens with zero attached hydrogens (tertiary/aromatic N) is 4. The van der Waals surface area contributed by atoms with Crippen molar-refractivity contribution >= 4 is 21.4 Å². The number of benzene rings is 1. The molecule has 2 heterocycles. The van der Waals surface area contributed by atoms with E-state index in [-0.39, 0.29) is 12.1 Å². The van der Waals surface area contributed by atoms with E-state index in [4.69, 9.17) is 0 Å². The molecule has 9 heteroatoms. The van der Waals surface area contributed by atoms with Gasteiger partial charge in [-0.25, -0.2) is 18.1 Å². The second-order valence-electron chi connectivity index (χ2n) is 7.10. The summed E-state index contributed by atoms with van der Waals surface area (Å²) in [5, 5.41) is 9.70. The maximum absolute atomic E-state index is 13.1. The summed E-state index contributed by atoms with van der Waals surface area (Å²) in [5.74, 6) is 0. The zero-order valence-corrected chi connectivity index (χ0v) is 17.3. The lowest BCUT2D eigenvalue weighted by molar-refractivity contribution is 0.305. The maximum Gasteiger partial charge on any atom is 0.241 e. The number of thiazole rings is 1. The van der Waals surface area contributed by atoms with Crippen LogP contribution >= 0.6 is 11.3 Å². The third-order valence-corrected chi connectivity index (χ3v) is 7.49. The Labute approximate surface area is 168 Å². The highest BCUT2D eigenvalue weighted by Crippen LogP contribution is 2.30. The van der Waals surface area contributed by atoms with Crippen molar-refractivity contribution in [2.45, 2.75) is 56.0 Å². The molecule has 2 atom stereocenters. The Morgan fingerprint density at radius 3 is 2.79 bits per heavy atom. The van der Waals surface area contributed by atoms with Gasteiger partial charge in [-0.15, -0.1) is 21.5 Å². The first-order valence-electron chi connectivity index (χ1n) is 9.44. The molecule has 148 valence electrons. The molecule has 2 aromatic heterocycles. The van der Waals surface area contributed by atoms with Gasteiger partial charge in [-0.1, -0.05) is 13.0 Å². The van der Waals surface area contributed by atoms with Gasteiger partial charge < -0.3 is 4.57 Å². The summed E-state index contributed by atoms with van der Waals surface area (Å²) in [6.07, 6.45) is 7.62. The van der Waals surface area contributed by atoms with Crippen LogP contribution in [0, 0.1) is 0 Å². The largest absolute Gasteiger partial charge is 0.317 e. The molecule has 1 N–H and O–H groups in total. The van der Waals surface area contributed by atoms with Crippen molar-refractivity contribution in [3.63, 3.8) is 0 Å². The Bertz CT molecular complexity index is 1020. The highest BCUT2D eigenvalue weighted by molar-refractivity contribution is 7.89. The highest BCUT2D eigenvalue weighted by atomic mass is 32.2. The Hall–Kier alpha value is -2.10. The fraction of sp³-hybridized carbons (Fsp3) is 0.421. The SMILES string of the molecule is CCc1cc(-c2cscn2)ccc1S(=O)(=O)N[C@H]1CCC[C@@H](n2cnnc2)C1. The van der Waals surface area contributed by atoms with E-state index in [9.17, 15) is 8.42 Å². The zero-order chi connectivity index (χ0) is 19.6. The summed E-state index contributed by atoms with van der Waals surface area (Å²) in [6.45, 7) is 1.97. The van der Waals surface area contributed by atoms with Gasteiger partial charge in [-0.3, -0.25) is 0 Å². The molecule has 0 bridgehead atoms. The first-order valence-corrected chi connectivity index (χ1v) is 11.9.